The number of barbiturate groups is 1. The molecule has 1 aromatic carbocycles. The maximum absolute atomic E-state index is 12.0. The Hall–Kier alpha value is -1.88. The molecule has 1 aliphatic rings. The molecule has 0 bridgehead atoms. The van der Waals surface area contributed by atoms with Crippen molar-refractivity contribution in [2.45, 2.75) is 18.8 Å². The minimum Gasteiger partial charge on any atom is -0.277 e. The van der Waals surface area contributed by atoms with Crippen molar-refractivity contribution in [2.24, 2.45) is 0 Å². The van der Waals surface area contributed by atoms with E-state index in [9.17, 15) is 14.4 Å². The third kappa shape index (κ3) is 1.76. The van der Waals surface area contributed by atoms with Crippen LogP contribution < -0.4 is 10.6 Å². The summed E-state index contributed by atoms with van der Waals surface area (Å²) >= 11 is 5.88. The Kier molecular flexibility index (Phi) is 3.09. The number of hydrogen-bond donors (Lipinski definition) is 2. The topological polar surface area (TPSA) is 75.3 Å². The van der Waals surface area contributed by atoms with E-state index in [2.05, 4.69) is 10.6 Å². The molecule has 18 heavy (non-hydrogen) atoms. The van der Waals surface area contributed by atoms with E-state index in [1.54, 1.807) is 31.2 Å². The highest BCUT2D eigenvalue weighted by atomic mass is 35.5. The monoisotopic (exact) mass is 266 g/mol. The number of nitrogens with one attached hydrogen (secondary N) is 2. The van der Waals surface area contributed by atoms with Gasteiger partial charge in [-0.2, -0.15) is 0 Å². The normalized spacial score (nSPS) is 18.2. The molecule has 1 fully saturated rings. The van der Waals surface area contributed by atoms with Crippen LogP contribution in [-0.2, 0) is 15.0 Å². The lowest BCUT2D eigenvalue weighted by Gasteiger charge is -2.33. The zero-order chi connectivity index (χ0) is 13.3. The highest BCUT2D eigenvalue weighted by Gasteiger charge is 2.50. The van der Waals surface area contributed by atoms with Crippen molar-refractivity contribution in [3.63, 3.8) is 0 Å². The second-order valence-electron chi connectivity index (χ2n) is 4.01. The van der Waals surface area contributed by atoms with Gasteiger partial charge in [-0.25, -0.2) is 4.79 Å². The Morgan fingerprint density at radius 1 is 1.17 bits per heavy atom. The predicted octanol–water partition coefficient (Wildman–Crippen LogP) is 1.35. The van der Waals surface area contributed by atoms with Crippen molar-refractivity contribution in [2.75, 3.05) is 0 Å². The van der Waals surface area contributed by atoms with E-state index >= 15 is 0 Å². The quantitative estimate of drug-likeness (QED) is 0.794. The number of carbonyl (C=O) groups excluding carboxylic acids is 3. The average molecular weight is 267 g/mol. The number of hydrogen-bond acceptors (Lipinski definition) is 3. The molecule has 0 aliphatic carbocycles. The lowest BCUT2D eigenvalue weighted by molar-refractivity contribution is -0.138. The van der Waals surface area contributed by atoms with Crippen LogP contribution in [0.1, 0.15) is 18.9 Å². The molecule has 0 spiro atoms. The van der Waals surface area contributed by atoms with Crippen LogP contribution in [0.2, 0.25) is 5.02 Å². The van der Waals surface area contributed by atoms with Crippen LogP contribution in [0.4, 0.5) is 4.79 Å². The van der Waals surface area contributed by atoms with Crippen molar-refractivity contribution in [3.8, 4) is 0 Å². The molecule has 2 N–H and O–H groups in total. The molecule has 94 valence electrons. The van der Waals surface area contributed by atoms with Gasteiger partial charge in [-0.3, -0.25) is 20.2 Å². The first-order valence-electron chi connectivity index (χ1n) is 5.43. The first-order valence-corrected chi connectivity index (χ1v) is 5.81. The number of rotatable bonds is 2. The molecule has 6 heteroatoms. The lowest BCUT2D eigenvalue weighted by Crippen LogP contribution is -2.64. The summed E-state index contributed by atoms with van der Waals surface area (Å²) in [6, 6.07) is 5.71. The molecule has 1 saturated heterocycles. The van der Waals surface area contributed by atoms with Gasteiger partial charge in [0.2, 0.25) is 11.8 Å². The molecule has 1 aromatic rings. The van der Waals surface area contributed by atoms with Gasteiger partial charge in [0, 0.05) is 5.02 Å². The fraction of sp³-hybridized carbons (Fsp3) is 0.250. The van der Waals surface area contributed by atoms with Gasteiger partial charge in [0.05, 0.1) is 0 Å². The number of amides is 4. The second-order valence-corrected chi connectivity index (χ2v) is 4.44. The van der Waals surface area contributed by atoms with Crippen LogP contribution in [-0.4, -0.2) is 17.8 Å². The minimum atomic E-state index is -1.40. The first-order chi connectivity index (χ1) is 8.50. The molecular formula is C12H11ClN2O3. The van der Waals surface area contributed by atoms with Crippen molar-refractivity contribution in [3.05, 3.63) is 34.9 Å². The van der Waals surface area contributed by atoms with Crippen molar-refractivity contribution < 1.29 is 14.4 Å². The summed E-state index contributed by atoms with van der Waals surface area (Å²) in [5, 5.41) is 4.66. The van der Waals surface area contributed by atoms with E-state index in [4.69, 9.17) is 11.6 Å². The maximum atomic E-state index is 12.0. The molecule has 2 rings (SSSR count). The summed E-state index contributed by atoms with van der Waals surface area (Å²) in [7, 11) is 0. The SMILES string of the molecule is CCC1(c2cccc(Cl)c2)C(=O)NC(=O)NC1=O. The minimum absolute atomic E-state index is 0.234. The molecule has 5 nitrogen and oxygen atoms in total. The molecule has 0 aromatic heterocycles. The molecule has 1 aliphatic heterocycles. The summed E-state index contributed by atoms with van der Waals surface area (Å²) in [4.78, 5) is 35.2. The van der Waals surface area contributed by atoms with Gasteiger partial charge in [-0.1, -0.05) is 30.7 Å². The summed E-state index contributed by atoms with van der Waals surface area (Å²) in [5.74, 6) is -1.25. The van der Waals surface area contributed by atoms with Gasteiger partial charge < -0.3 is 0 Å². The fourth-order valence-corrected chi connectivity index (χ4v) is 2.29. The largest absolute Gasteiger partial charge is 0.328 e. The Bertz CT molecular complexity index is 522. The number of benzene rings is 1. The van der Waals surface area contributed by atoms with Crippen LogP contribution >= 0.6 is 11.6 Å². The van der Waals surface area contributed by atoms with Gasteiger partial charge in [-0.15, -0.1) is 0 Å². The van der Waals surface area contributed by atoms with Gasteiger partial charge in [0.1, 0.15) is 0 Å². The highest BCUT2D eigenvalue weighted by Crippen LogP contribution is 2.31. The van der Waals surface area contributed by atoms with Crippen molar-refractivity contribution in [1.82, 2.24) is 10.6 Å². The summed E-state index contributed by atoms with van der Waals surface area (Å²) in [6.45, 7) is 1.70. The standard InChI is InChI=1S/C12H11ClN2O3/c1-2-12(7-4-3-5-8(13)6-7)9(16)14-11(18)15-10(12)17/h3-6H,2H2,1H3,(H2,14,15,16,17,18). The van der Waals surface area contributed by atoms with Crippen LogP contribution in [0.25, 0.3) is 0 Å². The molecule has 0 unspecified atom stereocenters. The predicted molar refractivity (Wildman–Crippen MR) is 65.1 cm³/mol. The molecule has 0 radical (unpaired) electrons. The van der Waals surface area contributed by atoms with Gasteiger partial charge in [-0.05, 0) is 24.1 Å². The van der Waals surface area contributed by atoms with Gasteiger partial charge in [0.25, 0.3) is 0 Å². The Balaban J connectivity index is 2.57. The van der Waals surface area contributed by atoms with Crippen LogP contribution in [0.15, 0.2) is 24.3 Å². The number of imide groups is 2. The van der Waals surface area contributed by atoms with Gasteiger partial charge in [0.15, 0.2) is 5.41 Å². The van der Waals surface area contributed by atoms with Crippen molar-refractivity contribution in [1.29, 1.82) is 0 Å². The Morgan fingerprint density at radius 2 is 1.78 bits per heavy atom. The smallest absolute Gasteiger partial charge is 0.277 e. The summed E-state index contributed by atoms with van der Waals surface area (Å²) in [6.07, 6.45) is 0.234. The van der Waals surface area contributed by atoms with Crippen LogP contribution in [0.3, 0.4) is 0 Å². The van der Waals surface area contributed by atoms with E-state index < -0.39 is 23.3 Å². The maximum Gasteiger partial charge on any atom is 0.328 e. The molecule has 1 heterocycles. The van der Waals surface area contributed by atoms with E-state index in [0.29, 0.717) is 10.6 Å². The zero-order valence-corrected chi connectivity index (χ0v) is 10.4. The van der Waals surface area contributed by atoms with Crippen LogP contribution in [0, 0.1) is 0 Å². The van der Waals surface area contributed by atoms with E-state index in [1.807, 2.05) is 0 Å². The highest BCUT2D eigenvalue weighted by molar-refractivity contribution is 6.31. The van der Waals surface area contributed by atoms with Gasteiger partial charge >= 0.3 is 6.03 Å². The average Bonchev–Trinajstić information content (AvgIpc) is 2.29. The molecule has 0 atom stereocenters. The van der Waals surface area contributed by atoms with Crippen molar-refractivity contribution >= 4 is 29.4 Å². The zero-order valence-electron chi connectivity index (χ0n) is 9.62. The third-order valence-corrected chi connectivity index (χ3v) is 3.31. The van der Waals surface area contributed by atoms with E-state index in [1.165, 1.54) is 0 Å². The summed E-state index contributed by atoms with van der Waals surface area (Å²) < 4.78 is 0. The number of urea groups is 1. The number of halogens is 1. The fourth-order valence-electron chi connectivity index (χ4n) is 2.10. The second kappa shape index (κ2) is 4.42. The Morgan fingerprint density at radius 3 is 2.28 bits per heavy atom. The summed E-state index contributed by atoms with van der Waals surface area (Å²) in [5.41, 5.74) is -0.932. The van der Waals surface area contributed by atoms with E-state index in [-0.39, 0.29) is 6.42 Å². The third-order valence-electron chi connectivity index (χ3n) is 3.08. The van der Waals surface area contributed by atoms with Crippen LogP contribution in [0.5, 0.6) is 0 Å². The first kappa shape index (κ1) is 12.6. The van der Waals surface area contributed by atoms with E-state index in [0.717, 1.165) is 0 Å². The lowest BCUT2D eigenvalue weighted by atomic mass is 9.75. The molecular weight excluding hydrogens is 256 g/mol. The Labute approximate surface area is 109 Å². The molecule has 0 saturated carbocycles. The number of carbonyl (C=O) groups is 3. The molecule has 4 amide bonds.